The van der Waals surface area contributed by atoms with Gasteiger partial charge in [0.15, 0.2) is 0 Å². The lowest BCUT2D eigenvalue weighted by atomic mass is 10.1. The average molecular weight is 352 g/mol. The van der Waals surface area contributed by atoms with Crippen LogP contribution < -0.4 is 5.32 Å². The number of hydrogen-bond acceptors (Lipinski definition) is 5. The maximum Gasteiger partial charge on any atom is 0.280 e. The lowest BCUT2D eigenvalue weighted by Crippen LogP contribution is -2.29. The Kier molecular flexibility index (Phi) is 5.32. The van der Waals surface area contributed by atoms with Crippen LogP contribution in [0.3, 0.4) is 0 Å². The van der Waals surface area contributed by atoms with Crippen molar-refractivity contribution in [2.24, 2.45) is 0 Å². The second kappa shape index (κ2) is 7.66. The van der Waals surface area contributed by atoms with Gasteiger partial charge in [-0.15, -0.1) is 0 Å². The molecule has 26 heavy (non-hydrogen) atoms. The molecule has 1 unspecified atom stereocenters. The summed E-state index contributed by atoms with van der Waals surface area (Å²) in [4.78, 5) is 18.1. The molecule has 0 saturated carbocycles. The van der Waals surface area contributed by atoms with Gasteiger partial charge in [-0.05, 0) is 39.1 Å². The monoisotopic (exact) mass is 352 g/mol. The van der Waals surface area contributed by atoms with E-state index in [1.807, 2.05) is 30.3 Å². The van der Waals surface area contributed by atoms with E-state index >= 15 is 0 Å². The van der Waals surface area contributed by atoms with Crippen molar-refractivity contribution in [2.75, 3.05) is 26.0 Å². The average Bonchev–Trinajstić information content (AvgIpc) is 2.63. The Balaban J connectivity index is 2.09. The maximum absolute atomic E-state index is 11.6. The number of nitrogens with zero attached hydrogens (tertiary/aromatic N) is 3. The molecule has 1 aromatic heterocycles. The van der Waals surface area contributed by atoms with Crippen molar-refractivity contribution in [3.8, 4) is 0 Å². The van der Waals surface area contributed by atoms with E-state index in [9.17, 15) is 10.1 Å². The summed E-state index contributed by atoms with van der Waals surface area (Å²) in [5, 5.41) is 16.5. The molecule has 0 fully saturated rings. The zero-order valence-corrected chi connectivity index (χ0v) is 15.4. The second-order valence-corrected chi connectivity index (χ2v) is 6.67. The molecule has 3 aromatic rings. The summed E-state index contributed by atoms with van der Waals surface area (Å²) in [5.41, 5.74) is 2.36. The predicted octanol–water partition coefficient (Wildman–Crippen LogP) is 4.44. The van der Waals surface area contributed by atoms with Crippen molar-refractivity contribution >= 4 is 33.2 Å². The van der Waals surface area contributed by atoms with Crippen LogP contribution in [-0.4, -0.2) is 41.5 Å². The van der Waals surface area contributed by atoms with Crippen molar-refractivity contribution in [1.29, 1.82) is 0 Å². The van der Waals surface area contributed by atoms with Crippen LogP contribution in [0.25, 0.3) is 21.8 Å². The predicted molar refractivity (Wildman–Crippen MR) is 107 cm³/mol. The van der Waals surface area contributed by atoms with Crippen molar-refractivity contribution < 1.29 is 4.92 Å². The molecule has 6 heteroatoms. The van der Waals surface area contributed by atoms with Crippen LogP contribution in [0.2, 0.25) is 0 Å². The lowest BCUT2D eigenvalue weighted by Gasteiger charge is -2.23. The number of rotatable bonds is 7. The summed E-state index contributed by atoms with van der Waals surface area (Å²) in [6, 6.07) is 13.3. The molecule has 0 bridgehead atoms. The van der Waals surface area contributed by atoms with Gasteiger partial charge in [0.1, 0.15) is 5.39 Å². The van der Waals surface area contributed by atoms with E-state index in [4.69, 9.17) is 0 Å². The second-order valence-electron chi connectivity index (χ2n) is 6.67. The van der Waals surface area contributed by atoms with Gasteiger partial charge in [-0.3, -0.25) is 10.1 Å². The van der Waals surface area contributed by atoms with Crippen LogP contribution in [0.4, 0.5) is 11.4 Å². The molecule has 1 N–H and O–H groups in total. The Labute approximate surface area is 153 Å². The van der Waals surface area contributed by atoms with Crippen LogP contribution in [0.1, 0.15) is 19.8 Å². The van der Waals surface area contributed by atoms with Gasteiger partial charge in [-0.25, -0.2) is 4.98 Å². The third-order valence-electron chi connectivity index (χ3n) is 4.86. The van der Waals surface area contributed by atoms with E-state index in [-0.39, 0.29) is 10.6 Å². The first kappa shape index (κ1) is 18.1. The minimum atomic E-state index is -0.335. The molecule has 0 amide bonds. The van der Waals surface area contributed by atoms with E-state index in [0.717, 1.165) is 36.0 Å². The van der Waals surface area contributed by atoms with Crippen LogP contribution in [0.15, 0.2) is 42.5 Å². The normalized spacial score (nSPS) is 12.6. The fourth-order valence-corrected chi connectivity index (χ4v) is 3.45. The highest BCUT2D eigenvalue weighted by Crippen LogP contribution is 2.36. The zero-order valence-electron chi connectivity index (χ0n) is 15.4. The number of pyridine rings is 1. The number of anilines is 1. The van der Waals surface area contributed by atoms with Gasteiger partial charge in [0, 0.05) is 24.0 Å². The first-order valence-corrected chi connectivity index (χ1v) is 8.89. The van der Waals surface area contributed by atoms with Gasteiger partial charge in [-0.2, -0.15) is 0 Å². The van der Waals surface area contributed by atoms with E-state index < -0.39 is 0 Å². The van der Waals surface area contributed by atoms with Crippen LogP contribution in [0, 0.1) is 10.1 Å². The summed E-state index contributed by atoms with van der Waals surface area (Å²) in [5.74, 6) is 0. The van der Waals surface area contributed by atoms with Gasteiger partial charge in [0.2, 0.25) is 0 Å². The Bertz CT molecular complexity index is 940. The largest absolute Gasteiger partial charge is 0.384 e. The van der Waals surface area contributed by atoms with Gasteiger partial charge in [-0.1, -0.05) is 31.2 Å². The number of fused-ring (bicyclic) bond motifs is 2. The van der Waals surface area contributed by atoms with Crippen LogP contribution in [0.5, 0.6) is 0 Å². The van der Waals surface area contributed by atoms with E-state index in [0.29, 0.717) is 16.9 Å². The summed E-state index contributed by atoms with van der Waals surface area (Å²) < 4.78 is 0. The molecule has 0 saturated heterocycles. The maximum atomic E-state index is 11.6. The van der Waals surface area contributed by atoms with Gasteiger partial charge in [0.05, 0.1) is 21.6 Å². The fraction of sp³-hybridized carbons (Fsp3) is 0.350. The van der Waals surface area contributed by atoms with Gasteiger partial charge < -0.3 is 10.2 Å². The molecule has 1 atom stereocenters. The van der Waals surface area contributed by atoms with Gasteiger partial charge >= 0.3 is 0 Å². The molecule has 136 valence electrons. The first-order valence-electron chi connectivity index (χ1n) is 8.89. The molecule has 0 aliphatic rings. The minimum absolute atomic E-state index is 0.0860. The highest BCUT2D eigenvalue weighted by molar-refractivity contribution is 6.11. The topological polar surface area (TPSA) is 71.3 Å². The third kappa shape index (κ3) is 3.46. The van der Waals surface area contributed by atoms with Crippen LogP contribution >= 0.6 is 0 Å². The van der Waals surface area contributed by atoms with Crippen molar-refractivity contribution in [3.63, 3.8) is 0 Å². The van der Waals surface area contributed by atoms with E-state index in [1.54, 1.807) is 12.1 Å². The van der Waals surface area contributed by atoms with Crippen molar-refractivity contribution in [1.82, 2.24) is 9.88 Å². The molecule has 1 heterocycles. The third-order valence-corrected chi connectivity index (χ3v) is 4.86. The molecule has 6 nitrogen and oxygen atoms in total. The first-order chi connectivity index (χ1) is 12.5. The standard InChI is InChI=1S/C20H24N4O2/c1-4-14(23(2)3)12-13-21-20-15-8-5-6-9-16(15)22-17-10-7-11-18(19(17)20)24(25)26/h5-11,14H,4,12-13H2,1-3H3,(H,21,22). The number of hydrogen-bond donors (Lipinski definition) is 1. The number of benzene rings is 2. The summed E-state index contributed by atoms with van der Waals surface area (Å²) in [7, 11) is 4.16. The Morgan fingerprint density at radius 1 is 1.15 bits per heavy atom. The Morgan fingerprint density at radius 3 is 2.58 bits per heavy atom. The Hall–Kier alpha value is -2.73. The van der Waals surface area contributed by atoms with Crippen molar-refractivity contribution in [2.45, 2.75) is 25.8 Å². The molecular formula is C20H24N4O2. The van der Waals surface area contributed by atoms with E-state index in [1.165, 1.54) is 0 Å². The van der Waals surface area contributed by atoms with Crippen LogP contribution in [-0.2, 0) is 0 Å². The Morgan fingerprint density at radius 2 is 1.88 bits per heavy atom. The molecular weight excluding hydrogens is 328 g/mol. The highest BCUT2D eigenvalue weighted by Gasteiger charge is 2.19. The summed E-state index contributed by atoms with van der Waals surface area (Å²) in [6.07, 6.45) is 2.02. The highest BCUT2D eigenvalue weighted by atomic mass is 16.6. The molecule has 0 radical (unpaired) electrons. The lowest BCUT2D eigenvalue weighted by molar-refractivity contribution is -0.383. The number of non-ortho nitro benzene ring substituents is 1. The molecule has 3 rings (SSSR count). The number of para-hydroxylation sites is 1. The number of aromatic nitrogens is 1. The fourth-order valence-electron chi connectivity index (χ4n) is 3.45. The smallest absolute Gasteiger partial charge is 0.280 e. The quantitative estimate of drug-likeness (QED) is 0.387. The molecule has 0 spiro atoms. The van der Waals surface area contributed by atoms with Crippen molar-refractivity contribution in [3.05, 3.63) is 52.6 Å². The summed E-state index contributed by atoms with van der Waals surface area (Å²) >= 11 is 0. The number of nitro groups is 1. The SMILES string of the molecule is CCC(CCNc1c2ccccc2nc2cccc([N+](=O)[O-])c12)N(C)C. The molecule has 2 aromatic carbocycles. The molecule has 0 aliphatic carbocycles. The van der Waals surface area contributed by atoms with Gasteiger partial charge in [0.25, 0.3) is 5.69 Å². The minimum Gasteiger partial charge on any atom is -0.384 e. The molecule has 0 aliphatic heterocycles. The number of nitro benzene ring substituents is 1. The summed E-state index contributed by atoms with van der Waals surface area (Å²) in [6.45, 7) is 2.92. The van der Waals surface area contributed by atoms with E-state index in [2.05, 4.69) is 36.2 Å². The number of nitrogens with one attached hydrogen (secondary N) is 1. The zero-order chi connectivity index (χ0) is 18.7.